The molecule has 0 spiro atoms. The van der Waals surface area contributed by atoms with Gasteiger partial charge < -0.3 is 14.2 Å². The molecule has 0 amide bonds. The number of hydrogen-bond donors (Lipinski definition) is 0. The van der Waals surface area contributed by atoms with Crippen LogP contribution >= 0.6 is 0 Å². The van der Waals surface area contributed by atoms with Crippen molar-refractivity contribution in [2.75, 3.05) is 40.6 Å². The van der Waals surface area contributed by atoms with Crippen LogP contribution in [-0.2, 0) is 14.2 Å². The predicted molar refractivity (Wildman–Crippen MR) is 71.3 cm³/mol. The molecule has 0 radical (unpaired) electrons. The highest BCUT2D eigenvalue weighted by molar-refractivity contribution is 4.84. The first-order valence-electron chi connectivity index (χ1n) is 6.27. The predicted octanol–water partition coefficient (Wildman–Crippen LogP) is 2.97. The Hall–Kier alpha value is -0.640. The van der Waals surface area contributed by atoms with E-state index in [1.54, 1.807) is 14.2 Å². The normalized spacial score (nSPS) is 11.9. The Kier molecular flexibility index (Phi) is 14.8. The summed E-state index contributed by atoms with van der Waals surface area (Å²) in [5.41, 5.74) is 0. The van der Waals surface area contributed by atoms with Crippen molar-refractivity contribution in [1.82, 2.24) is 0 Å². The third-order valence-corrected chi connectivity index (χ3v) is 2.20. The van der Waals surface area contributed by atoms with Crippen LogP contribution in [0.25, 0.3) is 0 Å². The summed E-state index contributed by atoms with van der Waals surface area (Å²) >= 11 is 0. The number of allylic oxidation sites excluding steroid dienone is 2. The molecule has 0 N–H and O–H groups in total. The molecule has 0 atom stereocenters. The zero-order valence-electron chi connectivity index (χ0n) is 11.2. The Balaban J connectivity index is 3.11. The molecule has 0 aliphatic rings. The largest absolute Gasteiger partial charge is 0.385 e. The summed E-state index contributed by atoms with van der Waals surface area (Å²) in [6.45, 7) is 3.04. The molecule has 0 aromatic carbocycles. The van der Waals surface area contributed by atoms with E-state index in [1.807, 2.05) is 0 Å². The fourth-order valence-corrected chi connectivity index (χ4v) is 1.27. The van der Waals surface area contributed by atoms with E-state index in [-0.39, 0.29) is 0 Å². The standard InChI is InChI=1S/C14H26O3/c1-15-11-7-3-5-9-13-17-14-10-6-4-8-12-16-2/h5-6,9-10H,3-4,7-8,11-14H2,1-2H3. The quantitative estimate of drug-likeness (QED) is 0.389. The average molecular weight is 242 g/mol. The second-order valence-electron chi connectivity index (χ2n) is 3.75. The van der Waals surface area contributed by atoms with Crippen molar-refractivity contribution in [3.05, 3.63) is 24.3 Å². The monoisotopic (exact) mass is 242 g/mol. The smallest absolute Gasteiger partial charge is 0.0651 e. The van der Waals surface area contributed by atoms with Gasteiger partial charge in [0.15, 0.2) is 0 Å². The van der Waals surface area contributed by atoms with Gasteiger partial charge in [0.2, 0.25) is 0 Å². The van der Waals surface area contributed by atoms with E-state index in [4.69, 9.17) is 14.2 Å². The Morgan fingerprint density at radius 1 is 0.706 bits per heavy atom. The summed E-state index contributed by atoms with van der Waals surface area (Å²) in [4.78, 5) is 0. The molecule has 0 aromatic rings. The van der Waals surface area contributed by atoms with Crippen LogP contribution in [0.2, 0.25) is 0 Å². The topological polar surface area (TPSA) is 27.7 Å². The third kappa shape index (κ3) is 15.4. The summed E-state index contributed by atoms with van der Waals surface area (Å²) < 4.78 is 15.3. The number of methoxy groups -OCH3 is 2. The molecule has 100 valence electrons. The molecular formula is C14H26O3. The van der Waals surface area contributed by atoms with E-state index < -0.39 is 0 Å². The minimum absolute atomic E-state index is 0.690. The van der Waals surface area contributed by atoms with Gasteiger partial charge in [0.25, 0.3) is 0 Å². The van der Waals surface area contributed by atoms with Gasteiger partial charge in [-0.1, -0.05) is 24.3 Å². The van der Waals surface area contributed by atoms with Crippen molar-refractivity contribution < 1.29 is 14.2 Å². The first-order chi connectivity index (χ1) is 8.41. The molecule has 0 aliphatic carbocycles. The summed E-state index contributed by atoms with van der Waals surface area (Å²) in [5, 5.41) is 0. The lowest BCUT2D eigenvalue weighted by Crippen LogP contribution is -1.91. The van der Waals surface area contributed by atoms with Gasteiger partial charge >= 0.3 is 0 Å². The van der Waals surface area contributed by atoms with Crippen molar-refractivity contribution in [1.29, 1.82) is 0 Å². The zero-order valence-corrected chi connectivity index (χ0v) is 11.2. The van der Waals surface area contributed by atoms with Crippen LogP contribution in [0.1, 0.15) is 25.7 Å². The highest BCUT2D eigenvalue weighted by Gasteiger charge is 1.83. The Labute approximate surface area is 105 Å². The van der Waals surface area contributed by atoms with Crippen LogP contribution < -0.4 is 0 Å². The molecule has 0 saturated heterocycles. The molecule has 17 heavy (non-hydrogen) atoms. The Morgan fingerprint density at radius 2 is 1.18 bits per heavy atom. The highest BCUT2D eigenvalue weighted by atomic mass is 16.5. The van der Waals surface area contributed by atoms with E-state index in [2.05, 4.69) is 24.3 Å². The lowest BCUT2D eigenvalue weighted by molar-refractivity contribution is 0.190. The van der Waals surface area contributed by atoms with Gasteiger partial charge in [-0.05, 0) is 25.7 Å². The van der Waals surface area contributed by atoms with Gasteiger partial charge in [-0.25, -0.2) is 0 Å². The molecule has 3 heteroatoms. The van der Waals surface area contributed by atoms with Gasteiger partial charge in [0, 0.05) is 27.4 Å². The second kappa shape index (κ2) is 15.4. The lowest BCUT2D eigenvalue weighted by atomic mass is 10.3. The van der Waals surface area contributed by atoms with Crippen LogP contribution in [0.3, 0.4) is 0 Å². The first kappa shape index (κ1) is 16.4. The number of rotatable bonds is 12. The molecular weight excluding hydrogens is 216 g/mol. The molecule has 0 aliphatic heterocycles. The lowest BCUT2D eigenvalue weighted by Gasteiger charge is -1.96. The van der Waals surface area contributed by atoms with Gasteiger partial charge in [-0.3, -0.25) is 0 Å². The van der Waals surface area contributed by atoms with Gasteiger partial charge in [0.05, 0.1) is 13.2 Å². The van der Waals surface area contributed by atoms with Crippen LogP contribution in [0.4, 0.5) is 0 Å². The minimum atomic E-state index is 0.690. The Morgan fingerprint density at radius 3 is 1.59 bits per heavy atom. The van der Waals surface area contributed by atoms with Crippen molar-refractivity contribution in [2.45, 2.75) is 25.7 Å². The molecule has 0 unspecified atom stereocenters. The summed E-state index contributed by atoms with van der Waals surface area (Å²) in [6, 6.07) is 0. The van der Waals surface area contributed by atoms with Crippen molar-refractivity contribution >= 4 is 0 Å². The molecule has 0 bridgehead atoms. The first-order valence-corrected chi connectivity index (χ1v) is 6.27. The van der Waals surface area contributed by atoms with Crippen molar-refractivity contribution in [2.24, 2.45) is 0 Å². The van der Waals surface area contributed by atoms with E-state index in [0.29, 0.717) is 13.2 Å². The van der Waals surface area contributed by atoms with Crippen LogP contribution in [-0.4, -0.2) is 40.6 Å². The number of ether oxygens (including phenoxy) is 3. The molecule has 0 saturated carbocycles. The van der Waals surface area contributed by atoms with Crippen molar-refractivity contribution in [3.8, 4) is 0 Å². The summed E-state index contributed by atoms with van der Waals surface area (Å²) in [7, 11) is 3.46. The fourth-order valence-electron chi connectivity index (χ4n) is 1.27. The van der Waals surface area contributed by atoms with Gasteiger partial charge in [-0.15, -0.1) is 0 Å². The third-order valence-electron chi connectivity index (χ3n) is 2.20. The van der Waals surface area contributed by atoms with Crippen LogP contribution in [0.5, 0.6) is 0 Å². The van der Waals surface area contributed by atoms with Gasteiger partial charge in [-0.2, -0.15) is 0 Å². The second-order valence-corrected chi connectivity index (χ2v) is 3.75. The maximum Gasteiger partial charge on any atom is 0.0651 e. The van der Waals surface area contributed by atoms with Crippen LogP contribution in [0.15, 0.2) is 24.3 Å². The molecule has 0 heterocycles. The van der Waals surface area contributed by atoms with Gasteiger partial charge in [0.1, 0.15) is 0 Å². The summed E-state index contributed by atoms with van der Waals surface area (Å²) in [6.07, 6.45) is 12.7. The Bertz CT molecular complexity index is 168. The maximum absolute atomic E-state index is 5.41. The fraction of sp³-hybridized carbons (Fsp3) is 0.714. The van der Waals surface area contributed by atoms with Crippen molar-refractivity contribution in [3.63, 3.8) is 0 Å². The molecule has 0 rings (SSSR count). The van der Waals surface area contributed by atoms with E-state index in [1.165, 1.54) is 0 Å². The highest BCUT2D eigenvalue weighted by Crippen LogP contribution is 1.93. The molecule has 3 nitrogen and oxygen atoms in total. The molecule has 0 fully saturated rings. The maximum atomic E-state index is 5.41. The number of unbranched alkanes of at least 4 members (excludes halogenated alkanes) is 2. The average Bonchev–Trinajstić information content (AvgIpc) is 2.35. The van der Waals surface area contributed by atoms with E-state index in [0.717, 1.165) is 38.9 Å². The number of hydrogen-bond acceptors (Lipinski definition) is 3. The van der Waals surface area contributed by atoms with E-state index in [9.17, 15) is 0 Å². The summed E-state index contributed by atoms with van der Waals surface area (Å²) in [5.74, 6) is 0. The van der Waals surface area contributed by atoms with Crippen LogP contribution in [0, 0.1) is 0 Å². The SMILES string of the molecule is COCCCC=CCOCC=CCCCOC. The molecule has 0 aromatic heterocycles. The zero-order chi connectivity index (χ0) is 12.6. The van der Waals surface area contributed by atoms with E-state index >= 15 is 0 Å². The minimum Gasteiger partial charge on any atom is -0.385 e.